The zero-order valence-electron chi connectivity index (χ0n) is 19.6. The van der Waals surface area contributed by atoms with Gasteiger partial charge in [-0.15, -0.1) is 0 Å². The van der Waals surface area contributed by atoms with Gasteiger partial charge in [0.15, 0.2) is 0 Å². The highest BCUT2D eigenvalue weighted by Crippen LogP contribution is 2.47. The fourth-order valence-electron chi connectivity index (χ4n) is 5.75. The summed E-state index contributed by atoms with van der Waals surface area (Å²) in [6.07, 6.45) is 8.95. The van der Waals surface area contributed by atoms with Crippen molar-refractivity contribution < 1.29 is 9.59 Å². The standard InChI is InChI=1S/C28H27N5O2/c1-33-24-5-3-2-4-23(24)26-21(14-25(33)34)16-30-28(32-26)31-22-10-8-18(9-11-22)27(35)29-15-20-13-17-6-7-19(20)12-17/h2-5,8-11,15-17,19-20H,6-7,12-14H2,1H3,(H,30,31,32)/t17?,19-,20?/m1/s1. The summed E-state index contributed by atoms with van der Waals surface area (Å²) in [6, 6.07) is 15.0. The second-order valence-corrected chi connectivity index (χ2v) is 9.84. The predicted octanol–water partition coefficient (Wildman–Crippen LogP) is 5.05. The molecule has 2 fully saturated rings. The van der Waals surface area contributed by atoms with Gasteiger partial charge in [-0.2, -0.15) is 0 Å². The first-order chi connectivity index (χ1) is 17.0. The van der Waals surface area contributed by atoms with E-state index < -0.39 is 0 Å². The summed E-state index contributed by atoms with van der Waals surface area (Å²) in [5.74, 6) is 2.25. The monoisotopic (exact) mass is 465 g/mol. The van der Waals surface area contributed by atoms with Gasteiger partial charge in [-0.25, -0.2) is 15.0 Å². The van der Waals surface area contributed by atoms with Crippen molar-refractivity contribution in [2.24, 2.45) is 22.7 Å². The Morgan fingerprint density at radius 2 is 1.94 bits per heavy atom. The third kappa shape index (κ3) is 4.11. The number of likely N-dealkylation sites (N-methyl/N-ethyl adjacent to an activating group) is 1. The van der Waals surface area contributed by atoms with E-state index in [1.54, 1.807) is 30.3 Å². The molecule has 3 aromatic rings. The summed E-state index contributed by atoms with van der Waals surface area (Å²) in [5.41, 5.74) is 4.61. The third-order valence-corrected chi connectivity index (χ3v) is 7.66. The second-order valence-electron chi connectivity index (χ2n) is 9.84. The van der Waals surface area contributed by atoms with Crippen LogP contribution in [0.25, 0.3) is 11.3 Å². The van der Waals surface area contributed by atoms with Gasteiger partial charge in [0.05, 0.1) is 17.8 Å². The van der Waals surface area contributed by atoms with Crippen LogP contribution in [-0.2, 0) is 11.2 Å². The summed E-state index contributed by atoms with van der Waals surface area (Å²) in [6.45, 7) is 0. The number of carbonyl (C=O) groups is 2. The van der Waals surface area contributed by atoms with Gasteiger partial charge in [0.25, 0.3) is 5.91 Å². The van der Waals surface area contributed by atoms with Gasteiger partial charge < -0.3 is 10.2 Å². The number of hydrogen-bond acceptors (Lipinski definition) is 5. The molecular weight excluding hydrogens is 438 g/mol. The number of nitrogens with one attached hydrogen (secondary N) is 1. The lowest BCUT2D eigenvalue weighted by Crippen LogP contribution is -2.26. The van der Waals surface area contributed by atoms with Gasteiger partial charge in [0, 0.05) is 41.8 Å². The highest BCUT2D eigenvalue weighted by molar-refractivity contribution is 6.01. The lowest BCUT2D eigenvalue weighted by atomic mass is 9.90. The molecule has 6 rings (SSSR count). The molecule has 7 nitrogen and oxygen atoms in total. The zero-order chi connectivity index (χ0) is 23.9. The Hall–Kier alpha value is -3.87. The van der Waals surface area contributed by atoms with E-state index in [1.165, 1.54) is 25.7 Å². The minimum absolute atomic E-state index is 0.00357. The fourth-order valence-corrected chi connectivity index (χ4v) is 5.75. The summed E-state index contributed by atoms with van der Waals surface area (Å²) >= 11 is 0. The molecule has 3 atom stereocenters. The Balaban J connectivity index is 1.19. The van der Waals surface area contributed by atoms with E-state index in [1.807, 2.05) is 42.6 Å². The zero-order valence-corrected chi connectivity index (χ0v) is 19.6. The maximum absolute atomic E-state index is 12.6. The van der Waals surface area contributed by atoms with Gasteiger partial charge in [-0.05, 0) is 67.3 Å². The molecule has 0 saturated heterocycles. The molecule has 2 bridgehead atoms. The Bertz CT molecular complexity index is 1330. The Kier molecular flexibility index (Phi) is 5.40. The molecule has 1 aromatic heterocycles. The number of anilines is 3. The van der Waals surface area contributed by atoms with Crippen molar-refractivity contribution in [2.75, 3.05) is 17.3 Å². The first-order valence-corrected chi connectivity index (χ1v) is 12.2. The molecule has 7 heteroatoms. The van der Waals surface area contributed by atoms with Crippen molar-refractivity contribution in [1.29, 1.82) is 0 Å². The number of amides is 2. The van der Waals surface area contributed by atoms with Gasteiger partial charge in [-0.3, -0.25) is 9.59 Å². The average Bonchev–Trinajstić information content (AvgIpc) is 3.49. The summed E-state index contributed by atoms with van der Waals surface area (Å²) in [7, 11) is 1.78. The van der Waals surface area contributed by atoms with E-state index >= 15 is 0 Å². The van der Waals surface area contributed by atoms with E-state index in [-0.39, 0.29) is 18.2 Å². The lowest BCUT2D eigenvalue weighted by Gasteiger charge is -2.16. The van der Waals surface area contributed by atoms with E-state index in [4.69, 9.17) is 4.98 Å². The number of benzene rings is 2. The van der Waals surface area contributed by atoms with Crippen molar-refractivity contribution in [3.05, 3.63) is 65.9 Å². The van der Waals surface area contributed by atoms with Crippen LogP contribution in [0, 0.1) is 17.8 Å². The van der Waals surface area contributed by atoms with Crippen LogP contribution in [0.5, 0.6) is 0 Å². The number of nitrogens with zero attached hydrogens (tertiary/aromatic N) is 4. The van der Waals surface area contributed by atoms with Crippen LogP contribution < -0.4 is 10.2 Å². The van der Waals surface area contributed by atoms with Crippen molar-refractivity contribution in [3.63, 3.8) is 0 Å². The molecule has 1 aliphatic heterocycles. The molecule has 1 N–H and O–H groups in total. The number of aliphatic imine (C=N–C) groups is 1. The number of hydrogen-bond donors (Lipinski definition) is 1. The average molecular weight is 466 g/mol. The largest absolute Gasteiger partial charge is 0.324 e. The molecule has 35 heavy (non-hydrogen) atoms. The van der Waals surface area contributed by atoms with Crippen LogP contribution >= 0.6 is 0 Å². The number of aromatic nitrogens is 2. The maximum Gasteiger partial charge on any atom is 0.276 e. The molecule has 2 saturated carbocycles. The highest BCUT2D eigenvalue weighted by atomic mass is 16.2. The molecular formula is C28H27N5O2. The minimum atomic E-state index is -0.203. The molecule has 0 spiro atoms. The van der Waals surface area contributed by atoms with Gasteiger partial charge in [-0.1, -0.05) is 24.6 Å². The van der Waals surface area contributed by atoms with Crippen LogP contribution in [0.1, 0.15) is 41.6 Å². The molecule has 2 heterocycles. The quantitative estimate of drug-likeness (QED) is 0.545. The van der Waals surface area contributed by atoms with E-state index in [0.717, 1.165) is 40.0 Å². The number of para-hydroxylation sites is 1. The van der Waals surface area contributed by atoms with E-state index in [9.17, 15) is 9.59 Å². The fraction of sp³-hybridized carbons (Fsp3) is 0.321. The van der Waals surface area contributed by atoms with Crippen molar-refractivity contribution >= 4 is 35.4 Å². The van der Waals surface area contributed by atoms with Crippen LogP contribution in [0.2, 0.25) is 0 Å². The molecule has 2 amide bonds. The van der Waals surface area contributed by atoms with Crippen LogP contribution in [0.4, 0.5) is 17.3 Å². The first kappa shape index (κ1) is 21.6. The topological polar surface area (TPSA) is 87.5 Å². The molecule has 2 aromatic carbocycles. The Morgan fingerprint density at radius 3 is 2.71 bits per heavy atom. The number of rotatable bonds is 4. The maximum atomic E-state index is 12.6. The predicted molar refractivity (Wildman–Crippen MR) is 136 cm³/mol. The molecule has 3 aliphatic rings. The summed E-state index contributed by atoms with van der Waals surface area (Å²) in [4.78, 5) is 40.2. The van der Waals surface area contributed by atoms with Crippen LogP contribution in [0.15, 0.2) is 59.7 Å². The Labute approximate surface area is 204 Å². The number of fused-ring (bicyclic) bond motifs is 5. The van der Waals surface area contributed by atoms with Gasteiger partial charge in [0.1, 0.15) is 0 Å². The second kappa shape index (κ2) is 8.73. The highest BCUT2D eigenvalue weighted by Gasteiger charge is 2.38. The Morgan fingerprint density at radius 1 is 1.11 bits per heavy atom. The van der Waals surface area contributed by atoms with E-state index in [0.29, 0.717) is 17.4 Å². The van der Waals surface area contributed by atoms with Crippen LogP contribution in [-0.4, -0.2) is 35.0 Å². The lowest BCUT2D eigenvalue weighted by molar-refractivity contribution is -0.117. The number of carbonyl (C=O) groups excluding carboxylic acids is 2. The van der Waals surface area contributed by atoms with E-state index in [2.05, 4.69) is 15.3 Å². The molecule has 2 unspecified atom stereocenters. The minimum Gasteiger partial charge on any atom is -0.324 e. The third-order valence-electron chi connectivity index (χ3n) is 7.66. The molecule has 176 valence electrons. The van der Waals surface area contributed by atoms with Gasteiger partial charge >= 0.3 is 0 Å². The normalized spacial score (nSPS) is 22.7. The summed E-state index contributed by atoms with van der Waals surface area (Å²) in [5, 5.41) is 3.22. The summed E-state index contributed by atoms with van der Waals surface area (Å²) < 4.78 is 0. The molecule has 2 aliphatic carbocycles. The van der Waals surface area contributed by atoms with Crippen molar-refractivity contribution in [2.45, 2.75) is 32.1 Å². The SMILES string of the molecule is CN1C(=O)Cc2cnc(Nc3ccc(C(=O)N=CC4CC5CC[C@@H]4C5)cc3)nc2-c2ccccc21. The first-order valence-electron chi connectivity index (χ1n) is 12.2. The molecule has 0 radical (unpaired) electrons. The van der Waals surface area contributed by atoms with Crippen LogP contribution in [0.3, 0.4) is 0 Å². The van der Waals surface area contributed by atoms with Crippen molar-refractivity contribution in [1.82, 2.24) is 9.97 Å². The van der Waals surface area contributed by atoms with Gasteiger partial charge in [0.2, 0.25) is 11.9 Å². The van der Waals surface area contributed by atoms with Crippen molar-refractivity contribution in [3.8, 4) is 11.3 Å². The smallest absolute Gasteiger partial charge is 0.276 e.